The zero-order chi connectivity index (χ0) is 16.8. The molecule has 1 aliphatic heterocycles. The monoisotopic (exact) mass is 353 g/mol. The standard InChI is InChI=1S/C18H27N3O2.ClH/c1-13(17(19)15-6-4-3-5-7-15)18(23)21-10-8-14(9-11-21)12-16(22)20-2;/h3-7,13-14,17H,8-12,19H2,1-2H3,(H,20,22);1H. The zero-order valence-corrected chi connectivity index (χ0v) is 15.2. The number of halogens is 1. The lowest BCUT2D eigenvalue weighted by Crippen LogP contribution is -2.44. The Morgan fingerprint density at radius 1 is 1.25 bits per heavy atom. The zero-order valence-electron chi connectivity index (χ0n) is 14.4. The number of amides is 2. The summed E-state index contributed by atoms with van der Waals surface area (Å²) in [4.78, 5) is 26.0. The summed E-state index contributed by atoms with van der Waals surface area (Å²) in [5, 5.41) is 2.66. The molecule has 0 aromatic heterocycles. The van der Waals surface area contributed by atoms with Crippen LogP contribution in [0.4, 0.5) is 0 Å². The van der Waals surface area contributed by atoms with E-state index in [2.05, 4.69) is 5.32 Å². The number of carbonyl (C=O) groups is 2. The van der Waals surface area contributed by atoms with Crippen molar-refractivity contribution >= 4 is 24.2 Å². The van der Waals surface area contributed by atoms with Crippen LogP contribution >= 0.6 is 12.4 Å². The number of piperidine rings is 1. The van der Waals surface area contributed by atoms with Crippen molar-refractivity contribution in [3.05, 3.63) is 35.9 Å². The molecule has 2 atom stereocenters. The van der Waals surface area contributed by atoms with Gasteiger partial charge in [-0.1, -0.05) is 37.3 Å². The van der Waals surface area contributed by atoms with Gasteiger partial charge in [0.25, 0.3) is 0 Å². The van der Waals surface area contributed by atoms with Gasteiger partial charge < -0.3 is 16.0 Å². The van der Waals surface area contributed by atoms with Crippen LogP contribution in [0.25, 0.3) is 0 Å². The molecule has 0 saturated carbocycles. The number of benzene rings is 1. The number of rotatable bonds is 5. The summed E-state index contributed by atoms with van der Waals surface area (Å²) < 4.78 is 0. The molecule has 1 aromatic rings. The van der Waals surface area contributed by atoms with E-state index in [0.717, 1.165) is 18.4 Å². The van der Waals surface area contributed by atoms with Crippen LogP contribution in [0.1, 0.15) is 37.8 Å². The van der Waals surface area contributed by atoms with E-state index in [1.54, 1.807) is 7.05 Å². The predicted molar refractivity (Wildman–Crippen MR) is 97.8 cm³/mol. The van der Waals surface area contributed by atoms with E-state index < -0.39 is 0 Å². The van der Waals surface area contributed by atoms with Crippen molar-refractivity contribution < 1.29 is 9.59 Å². The molecule has 0 spiro atoms. The largest absolute Gasteiger partial charge is 0.359 e. The summed E-state index contributed by atoms with van der Waals surface area (Å²) in [6, 6.07) is 9.47. The smallest absolute Gasteiger partial charge is 0.227 e. The molecule has 1 fully saturated rings. The Labute approximate surface area is 150 Å². The Bertz CT molecular complexity index is 530. The van der Waals surface area contributed by atoms with E-state index in [1.165, 1.54) is 0 Å². The maximum Gasteiger partial charge on any atom is 0.227 e. The Morgan fingerprint density at radius 3 is 2.38 bits per heavy atom. The van der Waals surface area contributed by atoms with Gasteiger partial charge in [0.2, 0.25) is 11.8 Å². The van der Waals surface area contributed by atoms with Crippen LogP contribution in [0.5, 0.6) is 0 Å². The van der Waals surface area contributed by atoms with Crippen molar-refractivity contribution in [1.82, 2.24) is 10.2 Å². The highest BCUT2D eigenvalue weighted by Crippen LogP contribution is 2.25. The third kappa shape index (κ3) is 5.21. The molecule has 6 heteroatoms. The summed E-state index contributed by atoms with van der Waals surface area (Å²) in [5.74, 6) is 0.319. The van der Waals surface area contributed by atoms with E-state index in [1.807, 2.05) is 42.2 Å². The third-order valence-corrected chi connectivity index (χ3v) is 4.79. The topological polar surface area (TPSA) is 75.4 Å². The molecular formula is C18H28ClN3O2. The lowest BCUT2D eigenvalue weighted by molar-refractivity contribution is -0.137. The number of hydrogen-bond donors (Lipinski definition) is 2. The highest BCUT2D eigenvalue weighted by atomic mass is 35.5. The molecule has 1 heterocycles. The van der Waals surface area contributed by atoms with Gasteiger partial charge in [-0.05, 0) is 24.3 Å². The third-order valence-electron chi connectivity index (χ3n) is 4.79. The molecule has 2 unspecified atom stereocenters. The molecule has 0 bridgehead atoms. The highest BCUT2D eigenvalue weighted by molar-refractivity contribution is 5.85. The van der Waals surface area contributed by atoms with Crippen molar-refractivity contribution in [2.24, 2.45) is 17.6 Å². The lowest BCUT2D eigenvalue weighted by atomic mass is 9.90. The molecule has 3 N–H and O–H groups in total. The minimum absolute atomic E-state index is 0. The molecule has 1 aliphatic rings. The van der Waals surface area contributed by atoms with Gasteiger partial charge in [-0.3, -0.25) is 9.59 Å². The first-order chi connectivity index (χ1) is 11.0. The first-order valence-corrected chi connectivity index (χ1v) is 8.32. The second-order valence-corrected chi connectivity index (χ2v) is 6.37. The molecule has 2 amide bonds. The fourth-order valence-corrected chi connectivity index (χ4v) is 3.13. The van der Waals surface area contributed by atoms with Crippen LogP contribution in [0.15, 0.2) is 30.3 Å². The fourth-order valence-electron chi connectivity index (χ4n) is 3.13. The van der Waals surface area contributed by atoms with E-state index in [4.69, 9.17) is 5.73 Å². The van der Waals surface area contributed by atoms with Gasteiger partial charge in [0.15, 0.2) is 0 Å². The number of carbonyl (C=O) groups excluding carboxylic acids is 2. The molecule has 0 aliphatic carbocycles. The van der Waals surface area contributed by atoms with E-state index >= 15 is 0 Å². The quantitative estimate of drug-likeness (QED) is 0.851. The Morgan fingerprint density at radius 2 is 1.83 bits per heavy atom. The summed E-state index contributed by atoms with van der Waals surface area (Å²) in [6.07, 6.45) is 2.32. The maximum absolute atomic E-state index is 12.7. The molecule has 1 saturated heterocycles. The predicted octanol–water partition coefficient (Wildman–Crippen LogP) is 2.12. The normalized spacial score (nSPS) is 17.5. The second-order valence-electron chi connectivity index (χ2n) is 6.37. The SMILES string of the molecule is CNC(=O)CC1CCN(C(=O)C(C)C(N)c2ccccc2)CC1.Cl. The van der Waals surface area contributed by atoms with Crippen LogP contribution in [0.3, 0.4) is 0 Å². The van der Waals surface area contributed by atoms with Gasteiger partial charge in [0, 0.05) is 32.6 Å². The van der Waals surface area contributed by atoms with Crippen LogP contribution in [-0.2, 0) is 9.59 Å². The van der Waals surface area contributed by atoms with E-state index in [9.17, 15) is 9.59 Å². The fraction of sp³-hybridized carbons (Fsp3) is 0.556. The number of nitrogens with two attached hydrogens (primary N) is 1. The van der Waals surface area contributed by atoms with E-state index in [-0.39, 0.29) is 36.2 Å². The molecule has 2 rings (SSSR count). The van der Waals surface area contributed by atoms with Gasteiger partial charge in [0.05, 0.1) is 5.92 Å². The average molecular weight is 354 g/mol. The highest BCUT2D eigenvalue weighted by Gasteiger charge is 2.30. The number of nitrogens with one attached hydrogen (secondary N) is 1. The molecule has 134 valence electrons. The van der Waals surface area contributed by atoms with Crippen LogP contribution in [-0.4, -0.2) is 36.9 Å². The van der Waals surface area contributed by atoms with Gasteiger partial charge in [0.1, 0.15) is 0 Å². The Hall–Kier alpha value is -1.59. The van der Waals surface area contributed by atoms with E-state index in [0.29, 0.717) is 25.4 Å². The average Bonchev–Trinajstić information content (AvgIpc) is 2.61. The molecular weight excluding hydrogens is 326 g/mol. The van der Waals surface area contributed by atoms with Crippen molar-refractivity contribution in [3.8, 4) is 0 Å². The first kappa shape index (κ1) is 20.5. The van der Waals surface area contributed by atoms with Gasteiger partial charge in [-0.2, -0.15) is 0 Å². The van der Waals surface area contributed by atoms with Crippen molar-refractivity contribution in [1.29, 1.82) is 0 Å². The number of likely N-dealkylation sites (tertiary alicyclic amines) is 1. The Kier molecular flexibility index (Phi) is 8.22. The first-order valence-electron chi connectivity index (χ1n) is 8.32. The summed E-state index contributed by atoms with van der Waals surface area (Å²) in [5.41, 5.74) is 7.25. The molecule has 0 radical (unpaired) electrons. The van der Waals surface area contributed by atoms with Crippen LogP contribution in [0, 0.1) is 11.8 Å². The summed E-state index contributed by atoms with van der Waals surface area (Å²) in [7, 11) is 1.66. The minimum Gasteiger partial charge on any atom is -0.359 e. The van der Waals surface area contributed by atoms with Gasteiger partial charge in [-0.25, -0.2) is 0 Å². The number of hydrogen-bond acceptors (Lipinski definition) is 3. The Balaban J connectivity index is 0.00000288. The van der Waals surface area contributed by atoms with Crippen molar-refractivity contribution in [2.75, 3.05) is 20.1 Å². The minimum atomic E-state index is -0.285. The lowest BCUT2D eigenvalue weighted by Gasteiger charge is -2.34. The number of nitrogens with zero attached hydrogens (tertiary/aromatic N) is 1. The molecule has 1 aromatic carbocycles. The van der Waals surface area contributed by atoms with Crippen LogP contribution in [0.2, 0.25) is 0 Å². The molecule has 5 nitrogen and oxygen atoms in total. The summed E-state index contributed by atoms with van der Waals surface area (Å²) >= 11 is 0. The van der Waals surface area contributed by atoms with Crippen molar-refractivity contribution in [3.63, 3.8) is 0 Å². The summed E-state index contributed by atoms with van der Waals surface area (Å²) in [6.45, 7) is 3.33. The van der Waals surface area contributed by atoms with Gasteiger partial charge in [-0.15, -0.1) is 12.4 Å². The maximum atomic E-state index is 12.7. The van der Waals surface area contributed by atoms with Gasteiger partial charge >= 0.3 is 0 Å². The second kappa shape index (κ2) is 9.64. The molecule has 24 heavy (non-hydrogen) atoms. The van der Waals surface area contributed by atoms with Crippen LogP contribution < -0.4 is 11.1 Å². The van der Waals surface area contributed by atoms with Crippen molar-refractivity contribution in [2.45, 2.75) is 32.2 Å².